The van der Waals surface area contributed by atoms with Crippen LogP contribution in [0.1, 0.15) is 5.48 Å². The molecule has 0 unspecified atom stereocenters. The summed E-state index contributed by atoms with van der Waals surface area (Å²) >= 11 is 0. The molecule has 12 heavy (non-hydrogen) atoms. The van der Waals surface area contributed by atoms with E-state index in [1.807, 2.05) is 0 Å². The van der Waals surface area contributed by atoms with Gasteiger partial charge < -0.3 is 0 Å². The molecular formula is C6H4N2O4. The van der Waals surface area contributed by atoms with Crippen molar-refractivity contribution in [2.75, 3.05) is 0 Å². The van der Waals surface area contributed by atoms with E-state index in [1.54, 1.807) is 0 Å². The van der Waals surface area contributed by atoms with Crippen molar-refractivity contribution in [1.29, 1.82) is 0 Å². The zero-order chi connectivity index (χ0) is 12.6. The van der Waals surface area contributed by atoms with Crippen LogP contribution in [0.2, 0.25) is 0 Å². The lowest BCUT2D eigenvalue weighted by Crippen LogP contribution is -1.91. The maximum Gasteiger partial charge on any atom is 0.276 e. The van der Waals surface area contributed by atoms with Gasteiger partial charge in [-0.3, -0.25) is 20.2 Å². The average molecular weight is 172 g/mol. The van der Waals surface area contributed by atoms with Gasteiger partial charge in [0.25, 0.3) is 11.4 Å². The van der Waals surface area contributed by atoms with E-state index in [4.69, 9.17) is 5.48 Å². The lowest BCUT2D eigenvalue weighted by atomic mass is 10.3. The van der Waals surface area contributed by atoms with Crippen LogP contribution < -0.4 is 0 Å². The van der Waals surface area contributed by atoms with Gasteiger partial charge in [-0.15, -0.1) is 0 Å². The van der Waals surface area contributed by atoms with Gasteiger partial charge in [0.05, 0.1) is 21.4 Å². The first-order valence-corrected chi connectivity index (χ1v) is 2.68. The van der Waals surface area contributed by atoms with Crippen LogP contribution in [0, 0.1) is 20.2 Å². The molecule has 0 aliphatic carbocycles. The van der Waals surface area contributed by atoms with Gasteiger partial charge in [0.1, 0.15) is 0 Å². The van der Waals surface area contributed by atoms with Crippen molar-refractivity contribution in [2.24, 2.45) is 0 Å². The summed E-state index contributed by atoms with van der Waals surface area (Å²) in [5.41, 5.74) is -2.26. The second-order valence-corrected chi connectivity index (χ2v) is 1.71. The van der Waals surface area contributed by atoms with Crippen LogP contribution in [0.15, 0.2) is 24.2 Å². The zero-order valence-corrected chi connectivity index (χ0v) is 5.53. The fraction of sp³-hybridized carbons (Fsp3) is 0. The zero-order valence-electron chi connectivity index (χ0n) is 9.53. The predicted molar refractivity (Wildman–Crippen MR) is 39.8 cm³/mol. The quantitative estimate of drug-likeness (QED) is 0.499. The van der Waals surface area contributed by atoms with E-state index in [2.05, 4.69) is 0 Å². The van der Waals surface area contributed by atoms with Gasteiger partial charge in [-0.05, 0) is 6.04 Å². The maximum absolute atomic E-state index is 10.5. The van der Waals surface area contributed by atoms with Crippen LogP contribution in [-0.4, -0.2) is 9.85 Å². The molecule has 0 radical (unpaired) electrons. The van der Waals surface area contributed by atoms with Crippen molar-refractivity contribution >= 4 is 11.4 Å². The van der Waals surface area contributed by atoms with Gasteiger partial charge in [0, 0.05) is 12.1 Å². The molecule has 0 heterocycles. The number of hydrogen-bond donors (Lipinski definition) is 0. The Morgan fingerprint density at radius 3 is 1.92 bits per heavy atom. The second kappa shape index (κ2) is 2.95. The molecule has 0 saturated carbocycles. The molecule has 0 aliphatic rings. The standard InChI is InChI=1S/C6H4N2O4/c9-7(10)5-2-1-3-6(4-5)8(11)12/h1-4H/i1D,2D,3D,4D. The monoisotopic (exact) mass is 172 g/mol. The Balaban J connectivity index is 3.80. The average Bonchev–Trinajstić information content (AvgIpc) is 2.13. The molecule has 1 rings (SSSR count). The van der Waals surface area contributed by atoms with E-state index in [-0.39, 0.29) is 0 Å². The Labute approximate surface area is 72.4 Å². The first-order valence-electron chi connectivity index (χ1n) is 4.68. The van der Waals surface area contributed by atoms with Crippen LogP contribution in [0.4, 0.5) is 11.4 Å². The molecule has 0 saturated heterocycles. The first-order chi connectivity index (χ1) is 7.29. The van der Waals surface area contributed by atoms with Crippen molar-refractivity contribution in [1.82, 2.24) is 0 Å². The van der Waals surface area contributed by atoms with Gasteiger partial charge in [0.2, 0.25) is 0 Å². The Kier molecular flexibility index (Phi) is 1.02. The minimum atomic E-state index is -1.14. The molecule has 0 amide bonds. The molecule has 0 spiro atoms. The largest absolute Gasteiger partial charge is 0.276 e. The Hall–Kier alpha value is -1.98. The van der Waals surface area contributed by atoms with Crippen molar-refractivity contribution in [2.45, 2.75) is 0 Å². The highest BCUT2D eigenvalue weighted by Gasteiger charge is 2.11. The van der Waals surface area contributed by atoms with E-state index in [0.29, 0.717) is 0 Å². The van der Waals surface area contributed by atoms with Gasteiger partial charge in [-0.1, -0.05) is 0 Å². The lowest BCUT2D eigenvalue weighted by molar-refractivity contribution is -0.394. The van der Waals surface area contributed by atoms with E-state index >= 15 is 0 Å². The van der Waals surface area contributed by atoms with Crippen molar-refractivity contribution in [3.05, 3.63) is 44.4 Å². The Bertz CT molecular complexity index is 463. The molecule has 0 bridgehead atoms. The van der Waals surface area contributed by atoms with Crippen LogP contribution in [0.3, 0.4) is 0 Å². The van der Waals surface area contributed by atoms with Gasteiger partial charge >= 0.3 is 0 Å². The second-order valence-electron chi connectivity index (χ2n) is 1.71. The summed E-state index contributed by atoms with van der Waals surface area (Å²) < 4.78 is 28.6. The van der Waals surface area contributed by atoms with Gasteiger partial charge in [-0.25, -0.2) is 0 Å². The summed E-state index contributed by atoms with van der Waals surface area (Å²) in [5, 5.41) is 21.0. The highest BCUT2D eigenvalue weighted by atomic mass is 16.6. The van der Waals surface area contributed by atoms with Gasteiger partial charge in [-0.2, -0.15) is 0 Å². The number of benzene rings is 1. The molecular weight excluding hydrogens is 164 g/mol. The summed E-state index contributed by atoms with van der Waals surface area (Å²) in [6.45, 7) is 0. The van der Waals surface area contributed by atoms with E-state index in [9.17, 15) is 20.2 Å². The Morgan fingerprint density at radius 1 is 1.17 bits per heavy atom. The normalized spacial score (nSPS) is 14.0. The number of hydrogen-bond acceptors (Lipinski definition) is 4. The number of rotatable bonds is 2. The Morgan fingerprint density at radius 2 is 1.58 bits per heavy atom. The summed E-state index contributed by atoms with van der Waals surface area (Å²) in [5.74, 6) is 0. The molecule has 0 aliphatic heterocycles. The number of nitro benzene ring substituents is 2. The molecule has 6 nitrogen and oxygen atoms in total. The first kappa shape index (κ1) is 4.15. The molecule has 0 aromatic heterocycles. The summed E-state index contributed by atoms with van der Waals surface area (Å²) in [7, 11) is 0. The lowest BCUT2D eigenvalue weighted by Gasteiger charge is -1.90. The topological polar surface area (TPSA) is 86.3 Å². The van der Waals surface area contributed by atoms with E-state index in [0.717, 1.165) is 0 Å². The summed E-state index contributed by atoms with van der Waals surface area (Å²) in [6.07, 6.45) is 0. The fourth-order valence-corrected chi connectivity index (χ4v) is 0.507. The molecule has 6 heteroatoms. The van der Waals surface area contributed by atoms with Crippen LogP contribution >= 0.6 is 0 Å². The summed E-state index contributed by atoms with van der Waals surface area (Å²) in [4.78, 5) is 18.7. The van der Waals surface area contributed by atoms with Crippen LogP contribution in [-0.2, 0) is 0 Å². The fourth-order valence-electron chi connectivity index (χ4n) is 0.507. The SMILES string of the molecule is [2H]c1c([2H])c([N+](=O)[O-])c([2H])c([N+](=O)[O-])c1[2H]. The summed E-state index contributed by atoms with van der Waals surface area (Å²) in [6, 6.07) is -3.99. The van der Waals surface area contributed by atoms with Crippen LogP contribution in [0.5, 0.6) is 0 Å². The van der Waals surface area contributed by atoms with Crippen molar-refractivity contribution in [3.8, 4) is 0 Å². The van der Waals surface area contributed by atoms with Crippen LogP contribution in [0.25, 0.3) is 0 Å². The number of nitro groups is 2. The maximum atomic E-state index is 10.5. The molecule has 1 aromatic carbocycles. The highest BCUT2D eigenvalue weighted by Crippen LogP contribution is 2.18. The molecule has 0 atom stereocenters. The smallest absolute Gasteiger partial charge is 0.258 e. The number of nitrogens with zero attached hydrogens (tertiary/aromatic N) is 2. The molecule has 0 fully saturated rings. The minimum absolute atomic E-state index is 0.936. The van der Waals surface area contributed by atoms with E-state index < -0.39 is 45.4 Å². The minimum Gasteiger partial charge on any atom is -0.258 e. The van der Waals surface area contributed by atoms with Crippen molar-refractivity contribution in [3.63, 3.8) is 0 Å². The third-order valence-corrected chi connectivity index (χ3v) is 0.964. The predicted octanol–water partition coefficient (Wildman–Crippen LogP) is 1.50. The third kappa shape index (κ3) is 1.54. The molecule has 62 valence electrons. The molecule has 0 N–H and O–H groups in total. The third-order valence-electron chi connectivity index (χ3n) is 0.964. The highest BCUT2D eigenvalue weighted by molar-refractivity contribution is 5.42. The van der Waals surface area contributed by atoms with E-state index in [1.165, 1.54) is 0 Å². The van der Waals surface area contributed by atoms with Gasteiger partial charge in [0.15, 0.2) is 0 Å². The molecule has 1 aromatic rings. The van der Waals surface area contributed by atoms with Crippen molar-refractivity contribution < 1.29 is 15.3 Å².